The Morgan fingerprint density at radius 1 is 0.808 bits per heavy atom. The van der Waals surface area contributed by atoms with Gasteiger partial charge in [-0.1, -0.05) is 30.3 Å². The quantitative estimate of drug-likeness (QED) is 0.299. The summed E-state index contributed by atoms with van der Waals surface area (Å²) >= 11 is 0. The van der Waals surface area contributed by atoms with Gasteiger partial charge in [0, 0.05) is 10.9 Å². The molecule has 0 unspecified atom stereocenters. The summed E-state index contributed by atoms with van der Waals surface area (Å²) in [6.45, 7) is 0. The summed E-state index contributed by atoms with van der Waals surface area (Å²) in [5.41, 5.74) is 5.56. The highest BCUT2D eigenvalue weighted by atomic mass is 32.2. The third-order valence-corrected chi connectivity index (χ3v) is 5.64. The van der Waals surface area contributed by atoms with Crippen LogP contribution >= 0.6 is 0 Å². The van der Waals surface area contributed by atoms with Crippen molar-refractivity contribution in [3.8, 4) is 16.9 Å². The predicted octanol–water partition coefficient (Wildman–Crippen LogP) is 2.29. The van der Waals surface area contributed by atoms with Crippen molar-refractivity contribution in [2.75, 3.05) is 5.73 Å². The lowest BCUT2D eigenvalue weighted by Crippen LogP contribution is -2.05. The van der Waals surface area contributed by atoms with E-state index < -0.39 is 41.5 Å². The highest BCUT2D eigenvalue weighted by Gasteiger charge is 2.23. The lowest BCUT2D eigenvalue weighted by Gasteiger charge is -2.13. The molecule has 136 valence electrons. The van der Waals surface area contributed by atoms with Gasteiger partial charge in [-0.2, -0.15) is 16.8 Å². The molecule has 0 atom stereocenters. The number of aromatic hydroxyl groups is 1. The number of nitrogen functional groups attached to an aromatic ring is 1. The van der Waals surface area contributed by atoms with Crippen LogP contribution in [-0.2, 0) is 20.2 Å². The van der Waals surface area contributed by atoms with Crippen LogP contribution in [0.1, 0.15) is 0 Å². The van der Waals surface area contributed by atoms with E-state index >= 15 is 0 Å². The molecule has 10 heteroatoms. The fraction of sp³-hybridized carbons (Fsp3) is 0. The number of rotatable bonds is 3. The van der Waals surface area contributed by atoms with E-state index in [0.717, 1.165) is 12.1 Å². The minimum absolute atomic E-state index is 0.0448. The SMILES string of the molecule is Nc1c(S(=O)(=O)O)cc2cc(S(=O)(=O)O)c(-c3ccccc3)cc2c1O. The van der Waals surface area contributed by atoms with Crippen molar-refractivity contribution >= 4 is 36.7 Å². The Morgan fingerprint density at radius 2 is 1.35 bits per heavy atom. The minimum Gasteiger partial charge on any atom is -0.505 e. The molecule has 0 bridgehead atoms. The van der Waals surface area contributed by atoms with Crippen molar-refractivity contribution in [1.29, 1.82) is 0 Å². The van der Waals surface area contributed by atoms with Crippen molar-refractivity contribution in [2.45, 2.75) is 9.79 Å². The fourth-order valence-corrected chi connectivity index (χ4v) is 4.05. The predicted molar refractivity (Wildman–Crippen MR) is 95.1 cm³/mol. The van der Waals surface area contributed by atoms with E-state index in [1.807, 2.05) is 0 Å². The second-order valence-electron chi connectivity index (χ2n) is 5.52. The number of nitrogens with two attached hydrogens (primary N) is 1. The number of anilines is 1. The van der Waals surface area contributed by atoms with E-state index in [0.29, 0.717) is 5.56 Å². The summed E-state index contributed by atoms with van der Waals surface area (Å²) in [7, 11) is -9.42. The van der Waals surface area contributed by atoms with Crippen LogP contribution in [0.15, 0.2) is 58.3 Å². The van der Waals surface area contributed by atoms with E-state index in [1.54, 1.807) is 30.3 Å². The van der Waals surface area contributed by atoms with Crippen LogP contribution in [0.4, 0.5) is 5.69 Å². The third-order valence-electron chi connectivity index (χ3n) is 3.85. The second-order valence-corrected chi connectivity index (χ2v) is 8.30. The third kappa shape index (κ3) is 3.10. The first-order valence-electron chi connectivity index (χ1n) is 7.10. The Bertz CT molecular complexity index is 1230. The van der Waals surface area contributed by atoms with E-state index in [4.69, 9.17) is 5.73 Å². The fourth-order valence-electron chi connectivity index (χ4n) is 2.67. The van der Waals surface area contributed by atoms with Gasteiger partial charge in [0.15, 0.2) is 0 Å². The smallest absolute Gasteiger partial charge is 0.296 e. The minimum atomic E-state index is -4.76. The molecule has 0 amide bonds. The molecular weight excluding hydrogens is 382 g/mol. The maximum atomic E-state index is 11.8. The van der Waals surface area contributed by atoms with Crippen LogP contribution < -0.4 is 5.73 Å². The molecular formula is C16H13NO7S2. The van der Waals surface area contributed by atoms with Gasteiger partial charge in [-0.25, -0.2) is 0 Å². The van der Waals surface area contributed by atoms with E-state index in [-0.39, 0.29) is 16.3 Å². The summed E-state index contributed by atoms with van der Waals surface area (Å²) in [5.74, 6) is -0.630. The Hall–Kier alpha value is -2.66. The number of phenols is 1. The molecule has 0 saturated heterocycles. The molecule has 3 aromatic carbocycles. The molecule has 0 fully saturated rings. The molecule has 3 aromatic rings. The molecule has 0 aliphatic carbocycles. The maximum absolute atomic E-state index is 11.8. The maximum Gasteiger partial charge on any atom is 0.296 e. The molecule has 0 spiro atoms. The first-order chi connectivity index (χ1) is 12.0. The molecule has 5 N–H and O–H groups in total. The van der Waals surface area contributed by atoms with Crippen molar-refractivity contribution in [2.24, 2.45) is 0 Å². The van der Waals surface area contributed by atoms with Crippen LogP contribution in [0.5, 0.6) is 5.75 Å². The van der Waals surface area contributed by atoms with Gasteiger partial charge < -0.3 is 10.8 Å². The number of benzene rings is 3. The largest absolute Gasteiger partial charge is 0.505 e. The lowest BCUT2D eigenvalue weighted by atomic mass is 10.00. The van der Waals surface area contributed by atoms with Gasteiger partial charge >= 0.3 is 0 Å². The number of phenolic OH excluding ortho intramolecular Hbond substituents is 1. The first-order valence-corrected chi connectivity index (χ1v) is 9.98. The Morgan fingerprint density at radius 3 is 1.88 bits per heavy atom. The van der Waals surface area contributed by atoms with E-state index in [2.05, 4.69) is 0 Å². The van der Waals surface area contributed by atoms with Gasteiger partial charge in [-0.3, -0.25) is 9.11 Å². The topological polar surface area (TPSA) is 155 Å². The lowest BCUT2D eigenvalue weighted by molar-refractivity contribution is 0.473. The zero-order chi connectivity index (χ0) is 19.3. The van der Waals surface area contributed by atoms with Crippen molar-refractivity contribution < 1.29 is 31.0 Å². The standard InChI is InChI=1S/C16H13NO7S2/c17-15-14(26(22,23)24)7-10-6-13(25(19,20)21)11(8-12(10)16(15)18)9-4-2-1-3-5-9/h1-8,18H,17H2,(H,19,20,21)(H,22,23,24). The molecule has 26 heavy (non-hydrogen) atoms. The Balaban J connectivity index is 2.49. The average Bonchev–Trinajstić information content (AvgIpc) is 2.56. The Labute approximate surface area is 149 Å². The molecule has 3 rings (SSSR count). The molecule has 0 radical (unpaired) electrons. The number of hydrogen-bond acceptors (Lipinski definition) is 6. The summed E-state index contributed by atoms with van der Waals surface area (Å²) in [5, 5.41) is 10.3. The molecule has 0 aliphatic rings. The van der Waals surface area contributed by atoms with Crippen molar-refractivity contribution in [3.63, 3.8) is 0 Å². The first kappa shape index (κ1) is 18.1. The summed E-state index contributed by atoms with van der Waals surface area (Å²) in [4.78, 5) is -1.25. The average molecular weight is 395 g/mol. The molecule has 0 saturated carbocycles. The Kier molecular flexibility index (Phi) is 4.15. The van der Waals surface area contributed by atoms with Gasteiger partial charge in [-0.15, -0.1) is 0 Å². The monoisotopic (exact) mass is 395 g/mol. The highest BCUT2D eigenvalue weighted by molar-refractivity contribution is 7.86. The summed E-state index contributed by atoms with van der Waals surface area (Å²) in [6.07, 6.45) is 0. The molecule has 0 aromatic heterocycles. The van der Waals surface area contributed by atoms with Crippen LogP contribution in [0, 0.1) is 0 Å². The van der Waals surface area contributed by atoms with Crippen LogP contribution in [0.25, 0.3) is 21.9 Å². The van der Waals surface area contributed by atoms with Gasteiger partial charge in [-0.05, 0) is 29.1 Å². The van der Waals surface area contributed by atoms with Crippen LogP contribution in [0.2, 0.25) is 0 Å². The van der Waals surface area contributed by atoms with Crippen LogP contribution in [-0.4, -0.2) is 31.0 Å². The number of fused-ring (bicyclic) bond motifs is 1. The molecule has 0 aliphatic heterocycles. The number of hydrogen-bond donors (Lipinski definition) is 4. The van der Waals surface area contributed by atoms with Crippen molar-refractivity contribution in [1.82, 2.24) is 0 Å². The van der Waals surface area contributed by atoms with Gasteiger partial charge in [0.2, 0.25) is 0 Å². The van der Waals surface area contributed by atoms with Crippen LogP contribution in [0.3, 0.4) is 0 Å². The van der Waals surface area contributed by atoms with Gasteiger partial charge in [0.05, 0.1) is 5.69 Å². The molecule has 0 heterocycles. The van der Waals surface area contributed by atoms with Crippen molar-refractivity contribution in [3.05, 3.63) is 48.5 Å². The zero-order valence-corrected chi connectivity index (χ0v) is 14.6. The van der Waals surface area contributed by atoms with Gasteiger partial charge in [0.1, 0.15) is 15.5 Å². The zero-order valence-electron chi connectivity index (χ0n) is 13.0. The molecule has 8 nitrogen and oxygen atoms in total. The highest BCUT2D eigenvalue weighted by Crippen LogP contribution is 2.40. The second kappa shape index (κ2) is 5.95. The van der Waals surface area contributed by atoms with E-state index in [1.165, 1.54) is 6.07 Å². The normalized spacial score (nSPS) is 12.4. The van der Waals surface area contributed by atoms with Gasteiger partial charge in [0.25, 0.3) is 20.2 Å². The van der Waals surface area contributed by atoms with E-state index in [9.17, 15) is 31.0 Å². The summed E-state index contributed by atoms with van der Waals surface area (Å²) in [6, 6.07) is 11.4. The summed E-state index contributed by atoms with van der Waals surface area (Å²) < 4.78 is 65.2.